The molecule has 1 aliphatic rings. The van der Waals surface area contributed by atoms with Crippen molar-refractivity contribution in [1.29, 1.82) is 0 Å². The van der Waals surface area contributed by atoms with E-state index >= 15 is 0 Å². The number of nitrogens with two attached hydrogens (primary N) is 1. The fourth-order valence-corrected chi connectivity index (χ4v) is 2.73. The Kier molecular flexibility index (Phi) is 3.77. The van der Waals surface area contributed by atoms with E-state index < -0.39 is 17.4 Å². The minimum absolute atomic E-state index is 0.180. The minimum Gasteiger partial charge on any atom is -0.480 e. The molecule has 14 heavy (non-hydrogen) atoms. The average molecular weight is 218 g/mol. The molecule has 1 aliphatic heterocycles. The molecule has 0 aromatic rings. The molecule has 1 heterocycles. The number of carboxylic acid groups (broad SMARTS) is 1. The van der Waals surface area contributed by atoms with Gasteiger partial charge in [0.05, 0.1) is 0 Å². The standard InChI is InChI=1S/C8H14N2O3S/c9-6(11)1-3-10-8(7(12)13)2-4-14-5-8/h10H,1-5H2,(H2,9,11)(H,12,13). The zero-order chi connectivity index (χ0) is 10.6. The molecule has 1 amide bonds. The SMILES string of the molecule is NC(=O)CCNC1(C(=O)O)CCSC1. The number of aliphatic carboxylic acids is 1. The summed E-state index contributed by atoms with van der Waals surface area (Å²) in [5.74, 6) is 0.146. The molecule has 0 aromatic carbocycles. The van der Waals surface area contributed by atoms with E-state index in [2.05, 4.69) is 5.32 Å². The van der Waals surface area contributed by atoms with Crippen LogP contribution in [0.5, 0.6) is 0 Å². The van der Waals surface area contributed by atoms with Gasteiger partial charge < -0.3 is 16.2 Å². The van der Waals surface area contributed by atoms with Crippen LogP contribution < -0.4 is 11.1 Å². The molecule has 0 spiro atoms. The highest BCUT2D eigenvalue weighted by atomic mass is 32.2. The summed E-state index contributed by atoms with van der Waals surface area (Å²) in [5, 5.41) is 11.9. The summed E-state index contributed by atoms with van der Waals surface area (Å²) >= 11 is 1.61. The molecule has 80 valence electrons. The summed E-state index contributed by atoms with van der Waals surface area (Å²) in [6.07, 6.45) is 0.783. The molecule has 0 radical (unpaired) electrons. The van der Waals surface area contributed by atoms with Crippen LogP contribution in [0.1, 0.15) is 12.8 Å². The van der Waals surface area contributed by atoms with Crippen molar-refractivity contribution in [2.75, 3.05) is 18.1 Å². The van der Waals surface area contributed by atoms with E-state index in [0.717, 1.165) is 5.75 Å². The summed E-state index contributed by atoms with van der Waals surface area (Å²) < 4.78 is 0. The van der Waals surface area contributed by atoms with Gasteiger partial charge in [-0.2, -0.15) is 11.8 Å². The number of carboxylic acids is 1. The van der Waals surface area contributed by atoms with Crippen molar-refractivity contribution in [1.82, 2.24) is 5.32 Å². The largest absolute Gasteiger partial charge is 0.480 e. The highest BCUT2D eigenvalue weighted by Gasteiger charge is 2.41. The van der Waals surface area contributed by atoms with Gasteiger partial charge in [0.15, 0.2) is 0 Å². The second-order valence-electron chi connectivity index (χ2n) is 3.33. The van der Waals surface area contributed by atoms with Crippen molar-refractivity contribution in [2.45, 2.75) is 18.4 Å². The predicted octanol–water partition coefficient (Wildman–Crippen LogP) is -0.588. The predicted molar refractivity (Wildman–Crippen MR) is 54.1 cm³/mol. The first kappa shape index (κ1) is 11.3. The normalized spacial score (nSPS) is 26.3. The summed E-state index contributed by atoms with van der Waals surface area (Å²) in [4.78, 5) is 21.5. The van der Waals surface area contributed by atoms with Crippen LogP contribution in [-0.4, -0.2) is 40.6 Å². The molecule has 0 saturated carbocycles. The summed E-state index contributed by atoms with van der Waals surface area (Å²) in [6, 6.07) is 0. The molecule has 6 heteroatoms. The number of hydrogen-bond donors (Lipinski definition) is 3. The Hall–Kier alpha value is -0.750. The Morgan fingerprint density at radius 1 is 1.57 bits per heavy atom. The molecular formula is C8H14N2O3S. The lowest BCUT2D eigenvalue weighted by Crippen LogP contribution is -2.53. The molecule has 1 unspecified atom stereocenters. The first-order chi connectivity index (χ1) is 6.57. The first-order valence-electron chi connectivity index (χ1n) is 4.41. The van der Waals surface area contributed by atoms with Crippen molar-refractivity contribution < 1.29 is 14.7 Å². The molecule has 1 fully saturated rings. The van der Waals surface area contributed by atoms with E-state index in [-0.39, 0.29) is 6.42 Å². The minimum atomic E-state index is -0.847. The lowest BCUT2D eigenvalue weighted by atomic mass is 9.99. The van der Waals surface area contributed by atoms with Gasteiger partial charge in [-0.25, -0.2) is 0 Å². The maximum Gasteiger partial charge on any atom is 0.324 e. The molecule has 0 aromatic heterocycles. The molecule has 0 bridgehead atoms. The van der Waals surface area contributed by atoms with Crippen LogP contribution in [0.4, 0.5) is 0 Å². The smallest absolute Gasteiger partial charge is 0.324 e. The van der Waals surface area contributed by atoms with E-state index in [0.29, 0.717) is 18.7 Å². The van der Waals surface area contributed by atoms with Gasteiger partial charge in [-0.1, -0.05) is 0 Å². The number of carbonyl (C=O) groups is 2. The van der Waals surface area contributed by atoms with Crippen LogP contribution in [0.2, 0.25) is 0 Å². The van der Waals surface area contributed by atoms with Crippen LogP contribution >= 0.6 is 11.8 Å². The second kappa shape index (κ2) is 4.65. The van der Waals surface area contributed by atoms with Crippen LogP contribution in [0.15, 0.2) is 0 Å². The molecule has 0 aliphatic carbocycles. The van der Waals surface area contributed by atoms with Gasteiger partial charge in [-0.05, 0) is 12.2 Å². The number of primary amides is 1. The fourth-order valence-electron chi connectivity index (χ4n) is 1.37. The van der Waals surface area contributed by atoms with Crippen LogP contribution in [-0.2, 0) is 9.59 Å². The maximum atomic E-state index is 11.0. The Morgan fingerprint density at radius 2 is 2.29 bits per heavy atom. The Bertz CT molecular complexity index is 239. The molecule has 1 rings (SSSR count). The lowest BCUT2D eigenvalue weighted by molar-refractivity contribution is -0.144. The zero-order valence-corrected chi connectivity index (χ0v) is 8.60. The van der Waals surface area contributed by atoms with E-state index in [1.807, 2.05) is 0 Å². The molecule has 4 N–H and O–H groups in total. The number of amides is 1. The summed E-state index contributed by atoms with van der Waals surface area (Å²) in [6.45, 7) is 0.336. The quantitative estimate of drug-likeness (QED) is 0.573. The number of hydrogen-bond acceptors (Lipinski definition) is 4. The zero-order valence-electron chi connectivity index (χ0n) is 7.78. The van der Waals surface area contributed by atoms with Crippen molar-refractivity contribution in [3.63, 3.8) is 0 Å². The summed E-state index contributed by atoms with van der Waals surface area (Å²) in [5.41, 5.74) is 4.12. The van der Waals surface area contributed by atoms with E-state index in [9.17, 15) is 9.59 Å². The molecule has 5 nitrogen and oxygen atoms in total. The maximum absolute atomic E-state index is 11.0. The molecular weight excluding hydrogens is 204 g/mol. The average Bonchev–Trinajstić information content (AvgIpc) is 2.53. The third-order valence-electron chi connectivity index (χ3n) is 2.27. The highest BCUT2D eigenvalue weighted by Crippen LogP contribution is 2.28. The number of rotatable bonds is 5. The van der Waals surface area contributed by atoms with Crippen LogP contribution in [0.25, 0.3) is 0 Å². The van der Waals surface area contributed by atoms with Gasteiger partial charge in [0, 0.05) is 18.7 Å². The van der Waals surface area contributed by atoms with Gasteiger partial charge in [-0.15, -0.1) is 0 Å². The van der Waals surface area contributed by atoms with Crippen molar-refractivity contribution in [3.8, 4) is 0 Å². The Morgan fingerprint density at radius 3 is 2.71 bits per heavy atom. The third-order valence-corrected chi connectivity index (χ3v) is 3.46. The number of carbonyl (C=O) groups excluding carboxylic acids is 1. The van der Waals surface area contributed by atoms with Gasteiger partial charge in [0.25, 0.3) is 0 Å². The van der Waals surface area contributed by atoms with E-state index in [4.69, 9.17) is 10.8 Å². The van der Waals surface area contributed by atoms with Crippen molar-refractivity contribution >= 4 is 23.6 Å². The number of nitrogens with one attached hydrogen (secondary N) is 1. The van der Waals surface area contributed by atoms with Gasteiger partial charge in [0.2, 0.25) is 5.91 Å². The Labute approximate surface area is 86.4 Å². The van der Waals surface area contributed by atoms with E-state index in [1.54, 1.807) is 11.8 Å². The topological polar surface area (TPSA) is 92.4 Å². The summed E-state index contributed by atoms with van der Waals surface area (Å²) in [7, 11) is 0. The van der Waals surface area contributed by atoms with Gasteiger partial charge >= 0.3 is 5.97 Å². The first-order valence-corrected chi connectivity index (χ1v) is 5.57. The lowest BCUT2D eigenvalue weighted by Gasteiger charge is -2.24. The molecule has 1 atom stereocenters. The second-order valence-corrected chi connectivity index (χ2v) is 4.44. The fraction of sp³-hybridized carbons (Fsp3) is 0.750. The van der Waals surface area contributed by atoms with Crippen LogP contribution in [0, 0.1) is 0 Å². The number of thioether (sulfide) groups is 1. The van der Waals surface area contributed by atoms with Crippen LogP contribution in [0.3, 0.4) is 0 Å². The van der Waals surface area contributed by atoms with Crippen molar-refractivity contribution in [3.05, 3.63) is 0 Å². The van der Waals surface area contributed by atoms with Gasteiger partial charge in [-0.3, -0.25) is 9.59 Å². The highest BCUT2D eigenvalue weighted by molar-refractivity contribution is 7.99. The monoisotopic (exact) mass is 218 g/mol. The van der Waals surface area contributed by atoms with E-state index in [1.165, 1.54) is 0 Å². The molecule has 1 saturated heterocycles. The van der Waals surface area contributed by atoms with Gasteiger partial charge in [0.1, 0.15) is 5.54 Å². The third kappa shape index (κ3) is 2.62. The van der Waals surface area contributed by atoms with Crippen molar-refractivity contribution in [2.24, 2.45) is 5.73 Å². The Balaban J connectivity index is 2.44.